The molecule has 5 heteroatoms. The lowest BCUT2D eigenvalue weighted by Crippen LogP contribution is -2.19. The molecule has 0 bridgehead atoms. The molecular formula is C14H18ClN3O. The monoisotopic (exact) mass is 279 g/mol. The van der Waals surface area contributed by atoms with Gasteiger partial charge >= 0.3 is 0 Å². The van der Waals surface area contributed by atoms with E-state index in [1.165, 1.54) is 11.1 Å². The van der Waals surface area contributed by atoms with Crippen LogP contribution in [0.1, 0.15) is 11.1 Å². The first-order valence-electron chi connectivity index (χ1n) is 6.20. The van der Waals surface area contributed by atoms with Crippen molar-refractivity contribution in [3.8, 4) is 5.69 Å². The van der Waals surface area contributed by atoms with Gasteiger partial charge in [-0.05, 0) is 18.6 Å². The smallest absolute Gasteiger partial charge is 0.0790 e. The molecule has 2 aromatic rings. The maximum absolute atomic E-state index is 5.92. The van der Waals surface area contributed by atoms with Gasteiger partial charge in [-0.25, -0.2) is 4.68 Å². The van der Waals surface area contributed by atoms with Crippen LogP contribution in [0, 0.1) is 6.92 Å². The summed E-state index contributed by atoms with van der Waals surface area (Å²) in [7, 11) is 1.70. The standard InChI is InChI=1S/C14H18ClN3O/c1-11-3-4-14(18-10-13(15)9-17-18)12(7-11)8-16-5-6-19-2/h3-4,7,9-10,16H,5-6,8H2,1-2H3. The normalized spacial score (nSPS) is 10.9. The fraction of sp³-hybridized carbons (Fsp3) is 0.357. The van der Waals surface area contributed by atoms with Crippen LogP contribution >= 0.6 is 11.6 Å². The Morgan fingerprint density at radius 3 is 2.95 bits per heavy atom. The summed E-state index contributed by atoms with van der Waals surface area (Å²) in [5.74, 6) is 0. The van der Waals surface area contributed by atoms with Gasteiger partial charge in [-0.3, -0.25) is 0 Å². The Morgan fingerprint density at radius 2 is 2.26 bits per heavy atom. The molecule has 1 aromatic carbocycles. The summed E-state index contributed by atoms with van der Waals surface area (Å²) in [5.41, 5.74) is 3.46. The summed E-state index contributed by atoms with van der Waals surface area (Å²) in [4.78, 5) is 0. The van der Waals surface area contributed by atoms with Crippen LogP contribution < -0.4 is 5.32 Å². The van der Waals surface area contributed by atoms with Gasteiger partial charge in [-0.1, -0.05) is 29.3 Å². The molecule has 0 saturated carbocycles. The number of halogens is 1. The van der Waals surface area contributed by atoms with Crippen molar-refractivity contribution in [3.63, 3.8) is 0 Å². The van der Waals surface area contributed by atoms with E-state index in [4.69, 9.17) is 16.3 Å². The van der Waals surface area contributed by atoms with Gasteiger partial charge in [-0.15, -0.1) is 0 Å². The van der Waals surface area contributed by atoms with Crippen molar-refractivity contribution in [2.24, 2.45) is 0 Å². The lowest BCUT2D eigenvalue weighted by molar-refractivity contribution is 0.199. The van der Waals surface area contributed by atoms with Crippen LogP contribution in [0.5, 0.6) is 0 Å². The SMILES string of the molecule is COCCNCc1cc(C)ccc1-n1cc(Cl)cn1. The van der Waals surface area contributed by atoms with Crippen LogP contribution in [0.15, 0.2) is 30.6 Å². The van der Waals surface area contributed by atoms with Crippen LogP contribution in [-0.2, 0) is 11.3 Å². The Kier molecular flexibility index (Phi) is 4.96. The van der Waals surface area contributed by atoms with E-state index in [1.54, 1.807) is 18.0 Å². The fourth-order valence-corrected chi connectivity index (χ4v) is 2.05. The molecule has 102 valence electrons. The van der Waals surface area contributed by atoms with Gasteiger partial charge in [0.25, 0.3) is 0 Å². The van der Waals surface area contributed by atoms with E-state index < -0.39 is 0 Å². The highest BCUT2D eigenvalue weighted by atomic mass is 35.5. The van der Waals surface area contributed by atoms with E-state index in [2.05, 4.69) is 35.5 Å². The molecule has 0 radical (unpaired) electrons. The molecule has 0 spiro atoms. The maximum atomic E-state index is 5.92. The molecule has 2 rings (SSSR count). The number of aryl methyl sites for hydroxylation is 1. The zero-order valence-corrected chi connectivity index (χ0v) is 11.9. The first-order valence-corrected chi connectivity index (χ1v) is 6.58. The summed E-state index contributed by atoms with van der Waals surface area (Å²) in [6.45, 7) is 4.38. The second-order valence-corrected chi connectivity index (χ2v) is 4.84. The zero-order valence-electron chi connectivity index (χ0n) is 11.2. The van der Waals surface area contributed by atoms with Crippen LogP contribution in [0.2, 0.25) is 5.02 Å². The van der Waals surface area contributed by atoms with Gasteiger partial charge in [0, 0.05) is 26.4 Å². The number of nitrogens with one attached hydrogen (secondary N) is 1. The van der Waals surface area contributed by atoms with Gasteiger partial charge in [0.1, 0.15) is 0 Å². The number of benzene rings is 1. The van der Waals surface area contributed by atoms with Gasteiger partial charge in [0.2, 0.25) is 0 Å². The Morgan fingerprint density at radius 1 is 1.42 bits per heavy atom. The average molecular weight is 280 g/mol. The highest BCUT2D eigenvalue weighted by molar-refractivity contribution is 6.30. The molecule has 0 aliphatic rings. The van der Waals surface area contributed by atoms with E-state index in [9.17, 15) is 0 Å². The molecule has 0 aliphatic heterocycles. The first-order chi connectivity index (χ1) is 9.20. The number of aromatic nitrogens is 2. The number of ether oxygens (including phenoxy) is 1. The maximum Gasteiger partial charge on any atom is 0.0790 e. The lowest BCUT2D eigenvalue weighted by Gasteiger charge is -2.11. The van der Waals surface area contributed by atoms with Gasteiger partial charge in [-0.2, -0.15) is 5.10 Å². The van der Waals surface area contributed by atoms with Crippen molar-refractivity contribution in [2.75, 3.05) is 20.3 Å². The number of nitrogens with zero attached hydrogens (tertiary/aromatic N) is 2. The van der Waals surface area contributed by atoms with Gasteiger partial charge < -0.3 is 10.1 Å². The minimum Gasteiger partial charge on any atom is -0.383 e. The van der Waals surface area contributed by atoms with Gasteiger partial charge in [0.15, 0.2) is 0 Å². The van der Waals surface area contributed by atoms with Crippen molar-refractivity contribution < 1.29 is 4.74 Å². The van der Waals surface area contributed by atoms with E-state index in [0.717, 1.165) is 18.8 Å². The number of rotatable bonds is 6. The molecule has 0 unspecified atom stereocenters. The van der Waals surface area contributed by atoms with Crippen molar-refractivity contribution in [1.29, 1.82) is 0 Å². The molecule has 1 aromatic heterocycles. The molecule has 0 fully saturated rings. The molecule has 0 saturated heterocycles. The largest absolute Gasteiger partial charge is 0.383 e. The van der Waals surface area contributed by atoms with Crippen LogP contribution in [-0.4, -0.2) is 30.0 Å². The Bertz CT molecular complexity index is 539. The molecular weight excluding hydrogens is 262 g/mol. The minimum atomic E-state index is 0.638. The van der Waals surface area contributed by atoms with E-state index in [1.807, 2.05) is 6.20 Å². The van der Waals surface area contributed by atoms with Crippen molar-refractivity contribution >= 4 is 11.6 Å². The molecule has 1 heterocycles. The summed E-state index contributed by atoms with van der Waals surface area (Å²) in [6.07, 6.45) is 3.45. The van der Waals surface area contributed by atoms with Crippen molar-refractivity contribution in [1.82, 2.24) is 15.1 Å². The third kappa shape index (κ3) is 3.80. The summed E-state index contributed by atoms with van der Waals surface area (Å²) in [6, 6.07) is 6.29. The number of methoxy groups -OCH3 is 1. The predicted molar refractivity (Wildman–Crippen MR) is 76.9 cm³/mol. The second-order valence-electron chi connectivity index (χ2n) is 4.40. The molecule has 19 heavy (non-hydrogen) atoms. The Hall–Kier alpha value is -1.36. The van der Waals surface area contributed by atoms with E-state index in [-0.39, 0.29) is 0 Å². The van der Waals surface area contributed by atoms with Gasteiger partial charge in [0.05, 0.1) is 23.5 Å². The average Bonchev–Trinajstić information content (AvgIpc) is 2.81. The van der Waals surface area contributed by atoms with E-state index >= 15 is 0 Å². The second kappa shape index (κ2) is 6.70. The third-order valence-corrected chi connectivity index (χ3v) is 3.03. The number of hydrogen-bond donors (Lipinski definition) is 1. The van der Waals surface area contributed by atoms with Crippen LogP contribution in [0.25, 0.3) is 5.69 Å². The topological polar surface area (TPSA) is 39.1 Å². The third-order valence-electron chi connectivity index (χ3n) is 2.83. The molecule has 0 amide bonds. The molecule has 4 nitrogen and oxygen atoms in total. The van der Waals surface area contributed by atoms with Crippen molar-refractivity contribution in [2.45, 2.75) is 13.5 Å². The molecule has 1 N–H and O–H groups in total. The van der Waals surface area contributed by atoms with Crippen LogP contribution in [0.3, 0.4) is 0 Å². The quantitative estimate of drug-likeness (QED) is 0.826. The fourth-order valence-electron chi connectivity index (χ4n) is 1.91. The highest BCUT2D eigenvalue weighted by Crippen LogP contribution is 2.18. The number of hydrogen-bond acceptors (Lipinski definition) is 3. The summed E-state index contributed by atoms with van der Waals surface area (Å²) < 4.78 is 6.82. The predicted octanol–water partition coefficient (Wildman–Crippen LogP) is 2.57. The molecule has 0 aliphatic carbocycles. The summed E-state index contributed by atoms with van der Waals surface area (Å²) in [5, 5.41) is 8.24. The summed E-state index contributed by atoms with van der Waals surface area (Å²) >= 11 is 5.92. The Labute approximate surface area is 118 Å². The van der Waals surface area contributed by atoms with E-state index in [0.29, 0.717) is 11.6 Å². The van der Waals surface area contributed by atoms with Crippen LogP contribution in [0.4, 0.5) is 0 Å². The highest BCUT2D eigenvalue weighted by Gasteiger charge is 2.06. The lowest BCUT2D eigenvalue weighted by atomic mass is 10.1. The molecule has 0 atom stereocenters. The Balaban J connectivity index is 2.18. The first kappa shape index (κ1) is 14.1. The van der Waals surface area contributed by atoms with Crippen molar-refractivity contribution in [3.05, 3.63) is 46.7 Å². The minimum absolute atomic E-state index is 0.638. The zero-order chi connectivity index (χ0) is 13.7.